The van der Waals surface area contributed by atoms with Gasteiger partial charge in [-0.15, -0.1) is 5.10 Å². The Bertz CT molecular complexity index is 1130. The third-order valence-electron chi connectivity index (χ3n) is 5.06. The zero-order chi connectivity index (χ0) is 19.1. The van der Waals surface area contributed by atoms with Crippen LogP contribution in [0.25, 0.3) is 28.0 Å². The number of hydrogen-bond donors (Lipinski definition) is 1. The first-order chi connectivity index (χ1) is 13.7. The number of hydrogen-bond acceptors (Lipinski definition) is 5. The smallest absolute Gasteiger partial charge is 0.228 e. The van der Waals surface area contributed by atoms with Gasteiger partial charge in [0.1, 0.15) is 5.82 Å². The van der Waals surface area contributed by atoms with E-state index >= 15 is 0 Å². The van der Waals surface area contributed by atoms with Crippen LogP contribution in [-0.2, 0) is 0 Å². The summed E-state index contributed by atoms with van der Waals surface area (Å²) in [6, 6.07) is 17.5. The minimum Gasteiger partial charge on any atom is -0.383 e. The Morgan fingerprint density at radius 3 is 2.32 bits per heavy atom. The van der Waals surface area contributed by atoms with Gasteiger partial charge in [-0.1, -0.05) is 41.9 Å². The number of aromatic nitrogens is 4. The molecule has 1 fully saturated rings. The fourth-order valence-corrected chi connectivity index (χ4v) is 3.77. The number of rotatable bonds is 3. The van der Waals surface area contributed by atoms with Crippen LogP contribution in [0.5, 0.6) is 0 Å². The van der Waals surface area contributed by atoms with Gasteiger partial charge in [-0.25, -0.2) is 9.67 Å². The topological polar surface area (TPSA) is 72.9 Å². The Morgan fingerprint density at radius 2 is 1.61 bits per heavy atom. The number of para-hydroxylation sites is 1. The van der Waals surface area contributed by atoms with Gasteiger partial charge in [0.25, 0.3) is 0 Å². The van der Waals surface area contributed by atoms with Crippen molar-refractivity contribution in [2.45, 2.75) is 12.8 Å². The maximum absolute atomic E-state index is 6.52. The fraction of sp³-hybridized carbons (Fsp3) is 0.190. The Morgan fingerprint density at radius 1 is 0.893 bits per heavy atom. The van der Waals surface area contributed by atoms with E-state index in [1.807, 2.05) is 54.6 Å². The number of fused-ring (bicyclic) bond motifs is 1. The summed E-state index contributed by atoms with van der Waals surface area (Å²) in [7, 11) is 0. The molecule has 0 bridgehead atoms. The molecule has 1 aliphatic rings. The first-order valence-corrected chi connectivity index (χ1v) is 9.71. The van der Waals surface area contributed by atoms with Crippen molar-refractivity contribution in [1.82, 2.24) is 19.7 Å². The largest absolute Gasteiger partial charge is 0.383 e. The molecule has 0 atom stereocenters. The molecule has 0 saturated carbocycles. The predicted octanol–water partition coefficient (Wildman–Crippen LogP) is 4.32. The molecule has 2 aromatic heterocycles. The minimum atomic E-state index is 0.527. The standard InChI is InChI=1S/C21H19ClN6/c22-15-10-8-14(9-11-15)18-17-19(23)28(16-6-2-1-3-7-16)26-20(17)25-21(24-18)27-12-4-5-13-27/h1-3,6-11H,4-5,12-13,23H2. The van der Waals surface area contributed by atoms with E-state index in [4.69, 9.17) is 32.4 Å². The molecule has 28 heavy (non-hydrogen) atoms. The van der Waals surface area contributed by atoms with E-state index in [-0.39, 0.29) is 0 Å². The lowest BCUT2D eigenvalue weighted by Gasteiger charge is -2.16. The highest BCUT2D eigenvalue weighted by Crippen LogP contribution is 2.34. The molecule has 5 rings (SSSR count). The van der Waals surface area contributed by atoms with Crippen LogP contribution in [0.1, 0.15) is 12.8 Å². The van der Waals surface area contributed by atoms with Gasteiger partial charge in [0.2, 0.25) is 5.95 Å². The summed E-state index contributed by atoms with van der Waals surface area (Å²) in [6.45, 7) is 1.92. The van der Waals surface area contributed by atoms with Crippen LogP contribution in [-0.4, -0.2) is 32.8 Å². The quantitative estimate of drug-likeness (QED) is 0.564. The fourth-order valence-electron chi connectivity index (χ4n) is 3.64. The lowest BCUT2D eigenvalue weighted by atomic mass is 10.1. The average Bonchev–Trinajstić information content (AvgIpc) is 3.37. The third kappa shape index (κ3) is 2.86. The molecular weight excluding hydrogens is 372 g/mol. The summed E-state index contributed by atoms with van der Waals surface area (Å²) in [6.07, 6.45) is 2.30. The highest BCUT2D eigenvalue weighted by molar-refractivity contribution is 6.30. The van der Waals surface area contributed by atoms with Crippen molar-refractivity contribution in [2.75, 3.05) is 23.7 Å². The summed E-state index contributed by atoms with van der Waals surface area (Å²) in [4.78, 5) is 11.8. The van der Waals surface area contributed by atoms with E-state index < -0.39 is 0 Å². The molecule has 0 unspecified atom stereocenters. The molecule has 140 valence electrons. The Labute approximate surface area is 167 Å². The summed E-state index contributed by atoms with van der Waals surface area (Å²) < 4.78 is 1.73. The number of halogens is 1. The molecular formula is C21H19ClN6. The summed E-state index contributed by atoms with van der Waals surface area (Å²) in [5.74, 6) is 1.23. The van der Waals surface area contributed by atoms with Crippen molar-refractivity contribution in [2.24, 2.45) is 0 Å². The molecule has 2 aromatic carbocycles. The van der Waals surface area contributed by atoms with Gasteiger partial charge in [0.05, 0.1) is 16.8 Å². The highest BCUT2D eigenvalue weighted by Gasteiger charge is 2.22. The van der Waals surface area contributed by atoms with Gasteiger partial charge in [-0.3, -0.25) is 0 Å². The molecule has 1 saturated heterocycles. The molecule has 1 aliphatic heterocycles. The van der Waals surface area contributed by atoms with E-state index in [0.717, 1.165) is 48.3 Å². The van der Waals surface area contributed by atoms with Crippen LogP contribution in [0.2, 0.25) is 5.02 Å². The molecule has 6 nitrogen and oxygen atoms in total. The maximum Gasteiger partial charge on any atom is 0.228 e. The summed E-state index contributed by atoms with van der Waals surface area (Å²) in [5.41, 5.74) is 9.74. The van der Waals surface area contributed by atoms with Crippen LogP contribution < -0.4 is 10.6 Å². The number of nitrogens with two attached hydrogens (primary N) is 1. The second-order valence-electron chi connectivity index (χ2n) is 6.90. The van der Waals surface area contributed by atoms with E-state index in [9.17, 15) is 0 Å². The minimum absolute atomic E-state index is 0.527. The van der Waals surface area contributed by atoms with Gasteiger partial charge in [-0.2, -0.15) is 4.98 Å². The van der Waals surface area contributed by atoms with Crippen molar-refractivity contribution in [3.05, 3.63) is 59.6 Å². The van der Waals surface area contributed by atoms with Gasteiger partial charge in [0, 0.05) is 23.7 Å². The number of anilines is 2. The van der Waals surface area contributed by atoms with Crippen molar-refractivity contribution in [3.8, 4) is 16.9 Å². The van der Waals surface area contributed by atoms with Crippen molar-refractivity contribution >= 4 is 34.4 Å². The molecule has 0 radical (unpaired) electrons. The van der Waals surface area contributed by atoms with Crippen LogP contribution in [0.4, 0.5) is 11.8 Å². The first kappa shape index (κ1) is 17.0. The molecule has 0 amide bonds. The highest BCUT2D eigenvalue weighted by atomic mass is 35.5. The predicted molar refractivity (Wildman–Crippen MR) is 113 cm³/mol. The second kappa shape index (κ2) is 6.80. The molecule has 4 aromatic rings. The Hall–Kier alpha value is -3.12. The van der Waals surface area contributed by atoms with Crippen LogP contribution in [0, 0.1) is 0 Å². The zero-order valence-electron chi connectivity index (χ0n) is 15.2. The molecule has 7 heteroatoms. The molecule has 0 aliphatic carbocycles. The van der Waals surface area contributed by atoms with Gasteiger partial charge in [0.15, 0.2) is 5.65 Å². The van der Waals surface area contributed by atoms with Gasteiger partial charge in [-0.05, 0) is 37.1 Å². The van der Waals surface area contributed by atoms with E-state index in [1.165, 1.54) is 0 Å². The Kier molecular flexibility index (Phi) is 4.13. The van der Waals surface area contributed by atoms with Gasteiger partial charge < -0.3 is 10.6 Å². The molecule has 3 heterocycles. The van der Waals surface area contributed by atoms with E-state index in [2.05, 4.69) is 4.90 Å². The average molecular weight is 391 g/mol. The van der Waals surface area contributed by atoms with Crippen molar-refractivity contribution in [3.63, 3.8) is 0 Å². The number of nitrogens with zero attached hydrogens (tertiary/aromatic N) is 5. The van der Waals surface area contributed by atoms with E-state index in [1.54, 1.807) is 4.68 Å². The number of nitrogen functional groups attached to an aromatic ring is 1. The van der Waals surface area contributed by atoms with Crippen LogP contribution in [0.3, 0.4) is 0 Å². The number of benzene rings is 2. The first-order valence-electron chi connectivity index (χ1n) is 9.33. The van der Waals surface area contributed by atoms with Crippen molar-refractivity contribution in [1.29, 1.82) is 0 Å². The summed E-state index contributed by atoms with van der Waals surface area (Å²) >= 11 is 6.09. The van der Waals surface area contributed by atoms with Crippen LogP contribution in [0.15, 0.2) is 54.6 Å². The van der Waals surface area contributed by atoms with Crippen LogP contribution >= 0.6 is 11.6 Å². The molecule has 2 N–H and O–H groups in total. The maximum atomic E-state index is 6.52. The monoisotopic (exact) mass is 390 g/mol. The van der Waals surface area contributed by atoms with Crippen molar-refractivity contribution < 1.29 is 0 Å². The normalized spacial score (nSPS) is 14.1. The zero-order valence-corrected chi connectivity index (χ0v) is 16.0. The second-order valence-corrected chi connectivity index (χ2v) is 7.34. The molecule has 0 spiro atoms. The lowest BCUT2D eigenvalue weighted by Crippen LogP contribution is -2.20. The third-order valence-corrected chi connectivity index (χ3v) is 5.32. The summed E-state index contributed by atoms with van der Waals surface area (Å²) in [5, 5.41) is 6.15. The van der Waals surface area contributed by atoms with Gasteiger partial charge >= 0.3 is 0 Å². The SMILES string of the molecule is Nc1c2c(-c3ccc(Cl)cc3)nc(N3CCCC3)nc2nn1-c1ccccc1. The Balaban J connectivity index is 1.77. The lowest BCUT2D eigenvalue weighted by molar-refractivity contribution is 0.883. The van der Waals surface area contributed by atoms with E-state index in [0.29, 0.717) is 22.4 Å².